The van der Waals surface area contributed by atoms with E-state index in [0.29, 0.717) is 23.5 Å². The van der Waals surface area contributed by atoms with Gasteiger partial charge in [-0.3, -0.25) is 13.9 Å². The lowest BCUT2D eigenvalue weighted by molar-refractivity contribution is 0.126. The molecule has 29 heavy (non-hydrogen) atoms. The maximum absolute atomic E-state index is 13.0. The molecule has 0 amide bonds. The summed E-state index contributed by atoms with van der Waals surface area (Å²) in [6, 6.07) is 19.5. The molecule has 2 aromatic carbocycles. The zero-order valence-electron chi connectivity index (χ0n) is 16.6. The van der Waals surface area contributed by atoms with Crippen LogP contribution < -0.4 is 11.2 Å². The standard InChI is InChI=1S/C22H22N4O3/c1-24-19-17(21(27)25(2)22(24)28)26(14-15-10-6-4-7-11-15)20(23-19)18(29-3)16-12-8-5-9-13-16/h4-13,18H,14H2,1-3H3/t18-/m1/s1. The number of nitrogens with zero attached hydrogens (tertiary/aromatic N) is 4. The van der Waals surface area contributed by atoms with Gasteiger partial charge in [-0.1, -0.05) is 60.7 Å². The smallest absolute Gasteiger partial charge is 0.332 e. The topological polar surface area (TPSA) is 71.1 Å². The summed E-state index contributed by atoms with van der Waals surface area (Å²) >= 11 is 0. The molecule has 0 spiro atoms. The normalized spacial score (nSPS) is 12.4. The molecule has 0 fully saturated rings. The third kappa shape index (κ3) is 3.19. The maximum Gasteiger partial charge on any atom is 0.332 e. The third-order valence-electron chi connectivity index (χ3n) is 5.13. The van der Waals surface area contributed by atoms with Crippen molar-refractivity contribution in [2.75, 3.05) is 7.11 Å². The van der Waals surface area contributed by atoms with Gasteiger partial charge in [0, 0.05) is 27.7 Å². The van der Waals surface area contributed by atoms with Crippen LogP contribution in [0.2, 0.25) is 0 Å². The summed E-state index contributed by atoms with van der Waals surface area (Å²) in [4.78, 5) is 30.2. The number of rotatable bonds is 5. The van der Waals surface area contributed by atoms with Gasteiger partial charge in [0.15, 0.2) is 11.2 Å². The minimum atomic E-state index is -0.480. The molecule has 7 heteroatoms. The Balaban J connectivity index is 2.04. The van der Waals surface area contributed by atoms with E-state index >= 15 is 0 Å². The van der Waals surface area contributed by atoms with E-state index in [4.69, 9.17) is 9.72 Å². The van der Waals surface area contributed by atoms with Crippen LogP contribution in [0.25, 0.3) is 11.2 Å². The molecule has 0 radical (unpaired) electrons. The lowest BCUT2D eigenvalue weighted by Crippen LogP contribution is -2.37. The molecule has 0 unspecified atom stereocenters. The predicted molar refractivity (Wildman–Crippen MR) is 111 cm³/mol. The Morgan fingerprint density at radius 1 is 0.931 bits per heavy atom. The van der Waals surface area contributed by atoms with E-state index in [0.717, 1.165) is 15.7 Å². The highest BCUT2D eigenvalue weighted by Crippen LogP contribution is 2.27. The molecular formula is C22H22N4O3. The lowest BCUT2D eigenvalue weighted by Gasteiger charge is -2.17. The van der Waals surface area contributed by atoms with Gasteiger partial charge in [-0.2, -0.15) is 0 Å². The number of aryl methyl sites for hydroxylation is 1. The quantitative estimate of drug-likeness (QED) is 0.524. The molecule has 4 rings (SSSR count). The molecule has 2 heterocycles. The summed E-state index contributed by atoms with van der Waals surface area (Å²) in [6.45, 7) is 0.437. The number of fused-ring (bicyclic) bond motifs is 1. The van der Waals surface area contributed by atoms with Crippen LogP contribution in [0.4, 0.5) is 0 Å². The molecular weight excluding hydrogens is 368 g/mol. The number of imidazole rings is 1. The van der Waals surface area contributed by atoms with E-state index in [9.17, 15) is 9.59 Å². The van der Waals surface area contributed by atoms with Crippen LogP contribution in [0.1, 0.15) is 23.1 Å². The second-order valence-corrected chi connectivity index (χ2v) is 6.95. The van der Waals surface area contributed by atoms with E-state index in [-0.39, 0.29) is 5.56 Å². The van der Waals surface area contributed by atoms with Crippen LogP contribution in [-0.2, 0) is 25.4 Å². The second kappa shape index (κ2) is 7.52. The van der Waals surface area contributed by atoms with Crippen molar-refractivity contribution >= 4 is 11.2 Å². The van der Waals surface area contributed by atoms with Crippen LogP contribution in [0.3, 0.4) is 0 Å². The summed E-state index contributed by atoms with van der Waals surface area (Å²) in [5.74, 6) is 0.579. The molecule has 0 aliphatic carbocycles. The van der Waals surface area contributed by atoms with E-state index in [1.54, 1.807) is 14.2 Å². The molecule has 7 nitrogen and oxygen atoms in total. The molecule has 0 bridgehead atoms. The lowest BCUT2D eigenvalue weighted by atomic mass is 10.1. The van der Waals surface area contributed by atoms with Crippen molar-refractivity contribution in [2.24, 2.45) is 14.1 Å². The Morgan fingerprint density at radius 2 is 1.55 bits per heavy atom. The van der Waals surface area contributed by atoms with Gasteiger partial charge in [-0.15, -0.1) is 0 Å². The van der Waals surface area contributed by atoms with Crippen molar-refractivity contribution in [2.45, 2.75) is 12.6 Å². The molecule has 1 atom stereocenters. The zero-order valence-corrected chi connectivity index (χ0v) is 16.6. The van der Waals surface area contributed by atoms with E-state index in [1.807, 2.05) is 65.2 Å². The molecule has 0 saturated heterocycles. The molecule has 2 aromatic heterocycles. The number of aromatic nitrogens is 4. The fraction of sp³-hybridized carbons (Fsp3) is 0.227. The van der Waals surface area contributed by atoms with Crippen molar-refractivity contribution in [3.05, 3.63) is 98.5 Å². The zero-order chi connectivity index (χ0) is 20.5. The van der Waals surface area contributed by atoms with Gasteiger partial charge in [0.2, 0.25) is 0 Å². The van der Waals surface area contributed by atoms with E-state index < -0.39 is 11.8 Å². The highest BCUT2D eigenvalue weighted by atomic mass is 16.5. The Kier molecular flexibility index (Phi) is 4.90. The van der Waals surface area contributed by atoms with Crippen molar-refractivity contribution in [1.82, 2.24) is 18.7 Å². The van der Waals surface area contributed by atoms with E-state index in [2.05, 4.69) is 0 Å². The fourth-order valence-corrected chi connectivity index (χ4v) is 3.61. The summed E-state index contributed by atoms with van der Waals surface area (Å²) in [5.41, 5.74) is 1.88. The molecule has 0 aliphatic heterocycles. The van der Waals surface area contributed by atoms with Gasteiger partial charge < -0.3 is 9.30 Å². The van der Waals surface area contributed by atoms with Crippen LogP contribution in [-0.4, -0.2) is 25.8 Å². The minimum absolute atomic E-state index is 0.349. The van der Waals surface area contributed by atoms with Crippen LogP contribution in [0.5, 0.6) is 0 Å². The Hall–Kier alpha value is -3.45. The molecule has 0 aliphatic rings. The molecule has 0 saturated carbocycles. The van der Waals surface area contributed by atoms with Crippen LogP contribution >= 0.6 is 0 Å². The first kappa shape index (κ1) is 18.9. The van der Waals surface area contributed by atoms with Gasteiger partial charge in [-0.25, -0.2) is 9.78 Å². The molecule has 4 aromatic rings. The van der Waals surface area contributed by atoms with Gasteiger partial charge in [0.05, 0.1) is 0 Å². The van der Waals surface area contributed by atoms with Crippen LogP contribution in [0.15, 0.2) is 70.3 Å². The highest BCUT2D eigenvalue weighted by Gasteiger charge is 2.25. The summed E-state index contributed by atoms with van der Waals surface area (Å²) < 4.78 is 10.2. The molecule has 0 N–H and O–H groups in total. The summed E-state index contributed by atoms with van der Waals surface area (Å²) in [6.07, 6.45) is -0.480. The van der Waals surface area contributed by atoms with Crippen molar-refractivity contribution in [3.63, 3.8) is 0 Å². The second-order valence-electron chi connectivity index (χ2n) is 6.95. The number of methoxy groups -OCH3 is 1. The van der Waals surface area contributed by atoms with Gasteiger partial charge in [-0.05, 0) is 11.1 Å². The average molecular weight is 390 g/mol. The maximum atomic E-state index is 13.0. The summed E-state index contributed by atoms with van der Waals surface area (Å²) in [7, 11) is 4.72. The van der Waals surface area contributed by atoms with Crippen LogP contribution in [0, 0.1) is 0 Å². The minimum Gasteiger partial charge on any atom is -0.369 e. The number of hydrogen-bond donors (Lipinski definition) is 0. The van der Waals surface area contributed by atoms with Gasteiger partial charge in [0.1, 0.15) is 11.9 Å². The monoisotopic (exact) mass is 390 g/mol. The van der Waals surface area contributed by atoms with Crippen molar-refractivity contribution in [1.29, 1.82) is 0 Å². The first-order chi connectivity index (χ1) is 14.0. The largest absolute Gasteiger partial charge is 0.369 e. The van der Waals surface area contributed by atoms with Gasteiger partial charge in [0.25, 0.3) is 5.56 Å². The predicted octanol–water partition coefficient (Wildman–Crippen LogP) is 2.22. The van der Waals surface area contributed by atoms with E-state index in [1.165, 1.54) is 11.6 Å². The Labute approximate surface area is 167 Å². The van der Waals surface area contributed by atoms with Gasteiger partial charge >= 0.3 is 5.69 Å². The number of benzene rings is 2. The number of ether oxygens (including phenoxy) is 1. The summed E-state index contributed by atoms with van der Waals surface area (Å²) in [5, 5.41) is 0. The first-order valence-corrected chi connectivity index (χ1v) is 9.30. The Bertz CT molecular complexity index is 1270. The third-order valence-corrected chi connectivity index (χ3v) is 5.13. The fourth-order valence-electron chi connectivity index (χ4n) is 3.61. The SMILES string of the molecule is CO[C@H](c1ccccc1)c1nc2c(c(=O)n(C)c(=O)n2C)n1Cc1ccccc1. The van der Waals surface area contributed by atoms with Crippen molar-refractivity contribution in [3.8, 4) is 0 Å². The Morgan fingerprint density at radius 3 is 2.17 bits per heavy atom. The number of hydrogen-bond acceptors (Lipinski definition) is 4. The first-order valence-electron chi connectivity index (χ1n) is 9.30. The molecule has 148 valence electrons. The van der Waals surface area contributed by atoms with Crippen molar-refractivity contribution < 1.29 is 4.74 Å². The average Bonchev–Trinajstić information content (AvgIpc) is 3.12. The highest BCUT2D eigenvalue weighted by molar-refractivity contribution is 5.71.